The molecule has 0 saturated carbocycles. The molecule has 1 N–H and O–H groups in total. The molecule has 152 valence electrons. The van der Waals surface area contributed by atoms with Crippen LogP contribution in [0.2, 0.25) is 0 Å². The summed E-state index contributed by atoms with van der Waals surface area (Å²) in [7, 11) is 3.26. The molecule has 0 amide bonds. The number of quaternary nitrogens is 1. The third-order valence-corrected chi connectivity index (χ3v) is 5.34. The van der Waals surface area contributed by atoms with E-state index < -0.39 is 0 Å². The van der Waals surface area contributed by atoms with Gasteiger partial charge in [0.15, 0.2) is 17.1 Å². The second kappa shape index (κ2) is 8.17. The van der Waals surface area contributed by atoms with Crippen molar-refractivity contribution in [2.45, 2.75) is 32.9 Å². The Hall–Kier alpha value is -2.99. The van der Waals surface area contributed by atoms with Gasteiger partial charge in [-0.05, 0) is 42.3 Å². The van der Waals surface area contributed by atoms with E-state index in [9.17, 15) is 4.79 Å². The zero-order valence-electron chi connectivity index (χ0n) is 17.0. The summed E-state index contributed by atoms with van der Waals surface area (Å²) < 4.78 is 22.4. The maximum atomic E-state index is 12.1. The quantitative estimate of drug-likeness (QED) is 0.649. The molecule has 0 aliphatic carbocycles. The summed E-state index contributed by atoms with van der Waals surface area (Å²) >= 11 is 0. The van der Waals surface area contributed by atoms with Gasteiger partial charge in [0.2, 0.25) is 6.73 Å². The number of hydrogen-bond acceptors (Lipinski definition) is 5. The number of rotatable bonds is 6. The molecule has 1 atom stereocenters. The molecule has 0 saturated heterocycles. The first-order valence-corrected chi connectivity index (χ1v) is 9.88. The van der Waals surface area contributed by atoms with Crippen LogP contribution in [0.3, 0.4) is 0 Å². The largest absolute Gasteiger partial charge is 0.493 e. The summed E-state index contributed by atoms with van der Waals surface area (Å²) in [5, 5.41) is 1.00. The number of hydrogen-bond donors (Lipinski definition) is 1. The van der Waals surface area contributed by atoms with Crippen LogP contribution in [0.5, 0.6) is 17.2 Å². The van der Waals surface area contributed by atoms with Gasteiger partial charge in [-0.15, -0.1) is 0 Å². The highest BCUT2D eigenvalue weighted by atomic mass is 16.5. The maximum Gasteiger partial charge on any atom is 0.336 e. The Morgan fingerprint density at radius 2 is 1.90 bits per heavy atom. The zero-order chi connectivity index (χ0) is 20.4. The van der Waals surface area contributed by atoms with Crippen LogP contribution in [0.1, 0.15) is 30.0 Å². The lowest BCUT2D eigenvalue weighted by Gasteiger charge is -2.27. The van der Waals surface area contributed by atoms with Crippen molar-refractivity contribution in [2.24, 2.45) is 0 Å². The van der Waals surface area contributed by atoms with Crippen LogP contribution >= 0.6 is 0 Å². The average molecular weight is 396 g/mol. The molecule has 4 rings (SSSR count). The monoisotopic (exact) mass is 396 g/mol. The van der Waals surface area contributed by atoms with Gasteiger partial charge in [-0.2, -0.15) is 0 Å². The first-order valence-electron chi connectivity index (χ1n) is 9.88. The van der Waals surface area contributed by atoms with E-state index >= 15 is 0 Å². The van der Waals surface area contributed by atoms with Crippen molar-refractivity contribution in [1.82, 2.24) is 0 Å². The van der Waals surface area contributed by atoms with Crippen LogP contribution in [0.15, 0.2) is 45.6 Å². The Balaban J connectivity index is 1.65. The number of ether oxygens (including phenoxy) is 3. The van der Waals surface area contributed by atoms with Gasteiger partial charge in [0.05, 0.1) is 19.8 Å². The van der Waals surface area contributed by atoms with Crippen LogP contribution < -0.4 is 24.7 Å². The number of fused-ring (bicyclic) bond motifs is 3. The molecular formula is C23H26NO5+. The lowest BCUT2D eigenvalue weighted by atomic mass is 10.0. The molecule has 3 aromatic rings. The van der Waals surface area contributed by atoms with Crippen LogP contribution in [0.25, 0.3) is 11.0 Å². The van der Waals surface area contributed by atoms with Crippen molar-refractivity contribution < 1.29 is 23.5 Å². The molecule has 6 heteroatoms. The molecule has 1 aliphatic rings. The number of benzene rings is 2. The van der Waals surface area contributed by atoms with E-state index in [2.05, 4.69) is 6.92 Å². The fourth-order valence-electron chi connectivity index (χ4n) is 3.98. The first kappa shape index (κ1) is 19.3. The summed E-state index contributed by atoms with van der Waals surface area (Å²) in [5.74, 6) is 2.22. The van der Waals surface area contributed by atoms with Gasteiger partial charge in [0.25, 0.3) is 0 Å². The fourth-order valence-corrected chi connectivity index (χ4v) is 3.98. The van der Waals surface area contributed by atoms with Crippen LogP contribution in [-0.2, 0) is 19.5 Å². The Labute approximate surface area is 169 Å². The lowest BCUT2D eigenvalue weighted by Crippen LogP contribution is -3.10. The first-order chi connectivity index (χ1) is 14.1. The molecule has 1 aromatic heterocycles. The SMILES string of the molecule is CCCc1cc(=O)oc2c3c(ccc12)OC[NH+](Cc1ccc(OC)c(OC)c1)C3. The predicted octanol–water partition coefficient (Wildman–Crippen LogP) is 2.70. The van der Waals surface area contributed by atoms with E-state index in [1.165, 1.54) is 4.90 Å². The second-order valence-electron chi connectivity index (χ2n) is 7.34. The molecule has 1 unspecified atom stereocenters. The topological polar surface area (TPSA) is 62.3 Å². The molecule has 0 fully saturated rings. The summed E-state index contributed by atoms with van der Waals surface area (Å²) in [6.45, 7) is 4.14. The van der Waals surface area contributed by atoms with Gasteiger partial charge >= 0.3 is 5.63 Å². The van der Waals surface area contributed by atoms with Crippen molar-refractivity contribution in [3.63, 3.8) is 0 Å². The molecule has 0 bridgehead atoms. The molecule has 2 aromatic carbocycles. The van der Waals surface area contributed by atoms with E-state index in [1.54, 1.807) is 20.3 Å². The van der Waals surface area contributed by atoms with E-state index in [1.807, 2.05) is 30.3 Å². The van der Waals surface area contributed by atoms with Crippen LogP contribution in [-0.4, -0.2) is 21.0 Å². The Morgan fingerprint density at radius 1 is 1.07 bits per heavy atom. The Morgan fingerprint density at radius 3 is 2.66 bits per heavy atom. The van der Waals surface area contributed by atoms with Gasteiger partial charge < -0.3 is 18.6 Å². The van der Waals surface area contributed by atoms with E-state index in [0.717, 1.165) is 53.8 Å². The summed E-state index contributed by atoms with van der Waals surface area (Å²) in [6, 6.07) is 11.5. The van der Waals surface area contributed by atoms with Crippen molar-refractivity contribution in [3.8, 4) is 17.2 Å². The minimum absolute atomic E-state index is 0.304. The highest BCUT2D eigenvalue weighted by molar-refractivity contribution is 5.85. The number of methoxy groups -OCH3 is 2. The molecule has 29 heavy (non-hydrogen) atoms. The van der Waals surface area contributed by atoms with E-state index in [4.69, 9.17) is 18.6 Å². The predicted molar refractivity (Wildman–Crippen MR) is 110 cm³/mol. The van der Waals surface area contributed by atoms with Gasteiger partial charge in [-0.3, -0.25) is 4.90 Å². The highest BCUT2D eigenvalue weighted by Gasteiger charge is 2.25. The molecular weight excluding hydrogens is 370 g/mol. The third-order valence-electron chi connectivity index (χ3n) is 5.34. The fraction of sp³-hybridized carbons (Fsp3) is 0.348. The standard InChI is InChI=1S/C23H25NO5/c1-4-5-16-11-22(25)29-23-17(16)7-9-19-18(23)13-24(14-28-19)12-15-6-8-20(26-2)21(10-15)27-3/h6-11H,4-5,12-14H2,1-3H3/p+1. The summed E-state index contributed by atoms with van der Waals surface area (Å²) in [4.78, 5) is 13.4. The normalized spacial score (nSPS) is 15.6. The molecule has 0 spiro atoms. The summed E-state index contributed by atoms with van der Waals surface area (Å²) in [6.07, 6.45) is 1.83. The number of nitrogens with one attached hydrogen (secondary N) is 1. The van der Waals surface area contributed by atoms with E-state index in [0.29, 0.717) is 23.8 Å². The average Bonchev–Trinajstić information content (AvgIpc) is 2.73. The van der Waals surface area contributed by atoms with Gasteiger partial charge in [-0.25, -0.2) is 4.79 Å². The maximum absolute atomic E-state index is 12.1. The third kappa shape index (κ3) is 3.80. The molecule has 0 radical (unpaired) electrons. The van der Waals surface area contributed by atoms with Crippen LogP contribution in [0.4, 0.5) is 0 Å². The minimum Gasteiger partial charge on any atom is -0.493 e. The van der Waals surface area contributed by atoms with Gasteiger partial charge in [0, 0.05) is 17.0 Å². The van der Waals surface area contributed by atoms with Crippen LogP contribution in [0, 0.1) is 0 Å². The smallest absolute Gasteiger partial charge is 0.336 e. The number of aryl methyl sites for hydroxylation is 1. The van der Waals surface area contributed by atoms with Gasteiger partial charge in [0.1, 0.15) is 18.8 Å². The zero-order valence-corrected chi connectivity index (χ0v) is 17.0. The van der Waals surface area contributed by atoms with Crippen molar-refractivity contribution in [2.75, 3.05) is 21.0 Å². The Kier molecular flexibility index (Phi) is 5.45. The minimum atomic E-state index is -0.304. The second-order valence-corrected chi connectivity index (χ2v) is 7.34. The van der Waals surface area contributed by atoms with Crippen molar-refractivity contribution in [1.29, 1.82) is 0 Å². The van der Waals surface area contributed by atoms with Crippen molar-refractivity contribution in [3.05, 3.63) is 63.5 Å². The molecule has 2 heterocycles. The Bertz CT molecular complexity index is 1090. The molecule has 6 nitrogen and oxygen atoms in total. The highest BCUT2D eigenvalue weighted by Crippen LogP contribution is 2.31. The molecule has 1 aliphatic heterocycles. The van der Waals surface area contributed by atoms with Crippen molar-refractivity contribution >= 4 is 11.0 Å². The van der Waals surface area contributed by atoms with E-state index in [-0.39, 0.29) is 5.63 Å². The lowest BCUT2D eigenvalue weighted by molar-refractivity contribution is -0.945. The summed E-state index contributed by atoms with van der Waals surface area (Å²) in [5.41, 5.74) is 3.47. The van der Waals surface area contributed by atoms with Gasteiger partial charge in [-0.1, -0.05) is 13.3 Å².